The Kier molecular flexibility index (Phi) is 6.36. The number of allylic oxidation sites excluding steroid dienone is 1. The molecule has 29 heavy (non-hydrogen) atoms. The van der Waals surface area contributed by atoms with Crippen LogP contribution in [-0.4, -0.2) is 33.5 Å². The standard InChI is InChI=1S/C23H25NO5/c1-3-17-10-16(5-8-21(17)25)14-24(29-2)13-15-4-6-18-7-9-22(26)20(23(27)28)12-19(18)11-15/h4-8,10-12,25-26H,3,9,13-14H2,1-2H3,(H,27,28). The monoisotopic (exact) mass is 395 g/mol. The predicted octanol–water partition coefficient (Wildman–Crippen LogP) is 2.38. The summed E-state index contributed by atoms with van der Waals surface area (Å²) in [5.74, 6) is -0.997. The molecule has 6 nitrogen and oxygen atoms in total. The van der Waals surface area contributed by atoms with Gasteiger partial charge in [-0.3, -0.25) is 0 Å². The third-order valence-corrected chi connectivity index (χ3v) is 5.01. The lowest BCUT2D eigenvalue weighted by molar-refractivity contribution is -0.146. The summed E-state index contributed by atoms with van der Waals surface area (Å²) in [6, 6.07) is 11.3. The number of hydroxylamine groups is 2. The van der Waals surface area contributed by atoms with E-state index in [1.54, 1.807) is 18.2 Å². The summed E-state index contributed by atoms with van der Waals surface area (Å²) in [6.07, 6.45) is 4.26. The predicted molar refractivity (Wildman–Crippen MR) is 110 cm³/mol. The van der Waals surface area contributed by atoms with Crippen molar-refractivity contribution in [2.75, 3.05) is 7.11 Å². The fraction of sp³-hybridized carbons (Fsp3) is 0.261. The minimum atomic E-state index is -1.15. The Morgan fingerprint density at radius 1 is 1.07 bits per heavy atom. The van der Waals surface area contributed by atoms with Crippen molar-refractivity contribution in [2.24, 2.45) is 0 Å². The van der Waals surface area contributed by atoms with Crippen LogP contribution in [0.5, 0.6) is 5.75 Å². The van der Waals surface area contributed by atoms with Crippen molar-refractivity contribution in [1.82, 2.24) is 5.06 Å². The maximum Gasteiger partial charge on any atom is 0.339 e. The highest BCUT2D eigenvalue weighted by molar-refractivity contribution is 5.97. The van der Waals surface area contributed by atoms with Gasteiger partial charge in [-0.2, -0.15) is 5.06 Å². The second kappa shape index (κ2) is 8.94. The Morgan fingerprint density at radius 2 is 1.76 bits per heavy atom. The number of hydrogen-bond acceptors (Lipinski definition) is 5. The molecule has 0 saturated carbocycles. The first-order valence-corrected chi connectivity index (χ1v) is 9.47. The van der Waals surface area contributed by atoms with Crippen LogP contribution in [0.3, 0.4) is 0 Å². The van der Waals surface area contributed by atoms with E-state index in [9.17, 15) is 20.1 Å². The van der Waals surface area contributed by atoms with Crippen LogP contribution in [0.4, 0.5) is 0 Å². The highest BCUT2D eigenvalue weighted by Gasteiger charge is 2.13. The van der Waals surface area contributed by atoms with Gasteiger partial charge in [0.2, 0.25) is 0 Å². The molecule has 152 valence electrons. The number of nitrogens with zero attached hydrogens (tertiary/aromatic N) is 1. The lowest BCUT2D eigenvalue weighted by atomic mass is 10.1. The van der Waals surface area contributed by atoms with Gasteiger partial charge in [-0.15, -0.1) is 0 Å². The average molecular weight is 395 g/mol. The fourth-order valence-corrected chi connectivity index (χ4v) is 3.39. The van der Waals surface area contributed by atoms with Gasteiger partial charge in [-0.25, -0.2) is 4.79 Å². The van der Waals surface area contributed by atoms with Gasteiger partial charge in [0.1, 0.15) is 11.5 Å². The van der Waals surface area contributed by atoms with Gasteiger partial charge in [0.05, 0.1) is 12.7 Å². The van der Waals surface area contributed by atoms with E-state index in [1.807, 2.05) is 43.3 Å². The number of aliphatic hydroxyl groups excluding tert-OH is 1. The van der Waals surface area contributed by atoms with Crippen molar-refractivity contribution in [1.29, 1.82) is 0 Å². The first-order valence-electron chi connectivity index (χ1n) is 9.47. The molecule has 0 unspecified atom stereocenters. The molecular formula is C23H25NO5. The van der Waals surface area contributed by atoms with Gasteiger partial charge in [0.25, 0.3) is 0 Å². The van der Waals surface area contributed by atoms with Crippen molar-refractivity contribution in [3.05, 3.63) is 74.9 Å². The Hall–Kier alpha value is -3.09. The molecule has 1 aliphatic carbocycles. The van der Waals surface area contributed by atoms with Crippen LogP contribution in [0.1, 0.15) is 30.0 Å². The first kappa shape index (κ1) is 20.6. The van der Waals surface area contributed by atoms with E-state index in [2.05, 4.69) is 0 Å². The molecule has 2 aromatic carbocycles. The molecule has 2 aromatic rings. The molecule has 3 rings (SSSR count). The number of hydrogen-bond donors (Lipinski definition) is 3. The van der Waals surface area contributed by atoms with E-state index in [4.69, 9.17) is 4.84 Å². The summed E-state index contributed by atoms with van der Waals surface area (Å²) < 4.78 is 0. The maximum absolute atomic E-state index is 11.4. The van der Waals surface area contributed by atoms with Crippen molar-refractivity contribution in [3.8, 4) is 5.75 Å². The van der Waals surface area contributed by atoms with E-state index < -0.39 is 5.97 Å². The number of aryl methyl sites for hydroxylation is 1. The van der Waals surface area contributed by atoms with Gasteiger partial charge < -0.3 is 20.2 Å². The maximum atomic E-state index is 11.4. The number of benzene rings is 2. The van der Waals surface area contributed by atoms with Crippen LogP contribution in [-0.2, 0) is 29.1 Å². The summed E-state index contributed by atoms with van der Waals surface area (Å²) in [7, 11) is 1.60. The van der Waals surface area contributed by atoms with E-state index in [0.29, 0.717) is 18.8 Å². The zero-order valence-electron chi connectivity index (χ0n) is 16.6. The average Bonchev–Trinajstić information content (AvgIpc) is 2.87. The minimum Gasteiger partial charge on any atom is -0.511 e. The van der Waals surface area contributed by atoms with E-state index in [0.717, 1.165) is 33.5 Å². The first-order chi connectivity index (χ1) is 13.9. The number of phenolic OH excluding ortho intramolecular Hbond substituents is 1. The smallest absolute Gasteiger partial charge is 0.339 e. The van der Waals surface area contributed by atoms with Crippen LogP contribution < -0.4 is 10.4 Å². The van der Waals surface area contributed by atoms with Crippen molar-refractivity contribution in [3.63, 3.8) is 0 Å². The topological polar surface area (TPSA) is 90.2 Å². The number of aromatic hydroxyl groups is 1. The molecule has 0 bridgehead atoms. The summed E-state index contributed by atoms with van der Waals surface area (Å²) in [6.45, 7) is 3.03. The number of rotatable bonds is 7. The highest BCUT2D eigenvalue weighted by atomic mass is 16.7. The van der Waals surface area contributed by atoms with Gasteiger partial charge in [-0.1, -0.05) is 37.3 Å². The number of aliphatic carboxylic acids is 1. The normalized spacial score (nSPS) is 13.5. The summed E-state index contributed by atoms with van der Waals surface area (Å²) >= 11 is 0. The fourth-order valence-electron chi connectivity index (χ4n) is 3.39. The lowest BCUT2D eigenvalue weighted by Crippen LogP contribution is -2.27. The Balaban J connectivity index is 1.86. The van der Waals surface area contributed by atoms with E-state index >= 15 is 0 Å². The van der Waals surface area contributed by atoms with Crippen molar-refractivity contribution in [2.45, 2.75) is 32.9 Å². The Morgan fingerprint density at radius 3 is 2.41 bits per heavy atom. The Bertz CT molecular complexity index is 1070. The third kappa shape index (κ3) is 4.85. The summed E-state index contributed by atoms with van der Waals surface area (Å²) in [5, 5.41) is 32.6. The number of phenols is 1. The molecule has 0 aromatic heterocycles. The quantitative estimate of drug-likeness (QED) is 0.624. The van der Waals surface area contributed by atoms with Crippen LogP contribution >= 0.6 is 0 Å². The van der Waals surface area contributed by atoms with Crippen LogP contribution in [0.25, 0.3) is 12.2 Å². The zero-order chi connectivity index (χ0) is 21.0. The molecule has 6 heteroatoms. The molecule has 0 atom stereocenters. The van der Waals surface area contributed by atoms with Gasteiger partial charge in [-0.05, 0) is 51.8 Å². The van der Waals surface area contributed by atoms with Crippen LogP contribution in [0, 0.1) is 0 Å². The van der Waals surface area contributed by atoms with Crippen molar-refractivity contribution >= 4 is 18.1 Å². The summed E-state index contributed by atoms with van der Waals surface area (Å²) in [5.41, 5.74) is 2.78. The minimum absolute atomic E-state index is 0.0862. The summed E-state index contributed by atoms with van der Waals surface area (Å²) in [4.78, 5) is 16.9. The van der Waals surface area contributed by atoms with Crippen LogP contribution in [0.15, 0.2) is 47.7 Å². The SMILES string of the molecule is CCc1cc(CN(Cc2ccc3c(c2)=CC(C(=O)O)=C(O)CC=3)OC)ccc1O. The van der Waals surface area contributed by atoms with Gasteiger partial charge in [0, 0.05) is 19.5 Å². The third-order valence-electron chi connectivity index (χ3n) is 5.01. The zero-order valence-corrected chi connectivity index (χ0v) is 16.6. The number of carbonyl (C=O) groups is 1. The molecule has 0 fully saturated rings. The molecule has 3 N–H and O–H groups in total. The highest BCUT2D eigenvalue weighted by Crippen LogP contribution is 2.20. The van der Waals surface area contributed by atoms with Gasteiger partial charge >= 0.3 is 5.97 Å². The number of aliphatic hydroxyl groups is 1. The number of carboxylic acids is 1. The molecule has 0 radical (unpaired) electrons. The molecule has 0 heterocycles. The van der Waals surface area contributed by atoms with Crippen LogP contribution in [0.2, 0.25) is 0 Å². The second-order valence-corrected chi connectivity index (χ2v) is 6.98. The largest absolute Gasteiger partial charge is 0.511 e. The van der Waals surface area contributed by atoms with E-state index in [-0.39, 0.29) is 17.8 Å². The molecule has 0 aliphatic heterocycles. The molecule has 0 saturated heterocycles. The van der Waals surface area contributed by atoms with E-state index in [1.165, 1.54) is 6.08 Å². The molecule has 1 aliphatic rings. The molecule has 0 spiro atoms. The Labute approximate surface area is 169 Å². The number of carboxylic acid groups (broad SMARTS) is 1. The molecule has 0 amide bonds. The van der Waals surface area contributed by atoms with Crippen molar-refractivity contribution < 1.29 is 25.0 Å². The molecular weight excluding hydrogens is 370 g/mol. The number of fused-ring (bicyclic) bond motifs is 1. The lowest BCUT2D eigenvalue weighted by Gasteiger charge is -2.20. The van der Waals surface area contributed by atoms with Gasteiger partial charge in [0.15, 0.2) is 0 Å². The second-order valence-electron chi connectivity index (χ2n) is 6.98.